The van der Waals surface area contributed by atoms with E-state index in [4.69, 9.17) is 14.2 Å². The molecule has 14 nitrogen and oxygen atoms in total. The maximum atomic E-state index is 14.0. The first-order chi connectivity index (χ1) is 34.5. The SMILES string of the molecule is C=C(CCC(=O)[C@@H]1C[C@@H](O)CN1C(=O)[C@@H](NC(=O)COCCCOCCCCOc1ccc(N2C(C)N(c3ccc(C#N)c(C(F)(F)F)c3)C(=O)C2(C)C)cc1)C(C)(C)C)Cc1ccc(-c2scnc2C)cc1. The summed E-state index contributed by atoms with van der Waals surface area (Å²) < 4.78 is 58.5. The number of benzene rings is 3. The topological polar surface area (TPSA) is 175 Å². The van der Waals surface area contributed by atoms with Crippen LogP contribution in [0.3, 0.4) is 0 Å². The Morgan fingerprint density at radius 2 is 1.62 bits per heavy atom. The Balaban J connectivity index is 0.860. The van der Waals surface area contributed by atoms with Crippen LogP contribution in [0.4, 0.5) is 24.5 Å². The average molecular weight is 1030 g/mol. The molecule has 0 saturated carbocycles. The Morgan fingerprint density at radius 1 is 0.959 bits per heavy atom. The van der Waals surface area contributed by atoms with Crippen LogP contribution < -0.4 is 19.9 Å². The van der Waals surface area contributed by atoms with E-state index in [2.05, 4.69) is 41.1 Å². The first kappa shape index (κ1) is 56.2. The number of hydrogen-bond donors (Lipinski definition) is 2. The number of ketones is 1. The number of aliphatic hydroxyl groups is 1. The van der Waals surface area contributed by atoms with Crippen molar-refractivity contribution in [1.82, 2.24) is 15.2 Å². The van der Waals surface area contributed by atoms with Gasteiger partial charge < -0.3 is 34.4 Å². The van der Waals surface area contributed by atoms with Crippen molar-refractivity contribution in [2.45, 2.75) is 129 Å². The van der Waals surface area contributed by atoms with Crippen LogP contribution in [0.1, 0.15) is 102 Å². The van der Waals surface area contributed by atoms with Gasteiger partial charge in [0.05, 0.1) is 52.0 Å². The lowest BCUT2D eigenvalue weighted by Crippen LogP contribution is -2.57. The predicted octanol–water partition coefficient (Wildman–Crippen LogP) is 9.21. The van der Waals surface area contributed by atoms with Gasteiger partial charge in [0.2, 0.25) is 11.8 Å². The first-order valence-corrected chi connectivity index (χ1v) is 25.5. The number of unbranched alkanes of at least 4 members (excludes halogenated alkanes) is 1. The average Bonchev–Trinajstić information content (AvgIpc) is 4.00. The minimum Gasteiger partial charge on any atom is -0.494 e. The summed E-state index contributed by atoms with van der Waals surface area (Å²) in [5.41, 5.74) is 3.23. The number of nitriles is 1. The van der Waals surface area contributed by atoms with Crippen LogP contribution in [0.25, 0.3) is 10.4 Å². The number of likely N-dealkylation sites (tertiary alicyclic amines) is 1. The number of aliphatic hydroxyl groups excluding tert-OH is 1. The highest BCUT2D eigenvalue weighted by atomic mass is 32.1. The molecule has 6 rings (SSSR count). The zero-order valence-corrected chi connectivity index (χ0v) is 43.5. The minimum atomic E-state index is -4.76. The third kappa shape index (κ3) is 14.1. The van der Waals surface area contributed by atoms with Crippen LogP contribution in [-0.2, 0) is 41.2 Å². The molecule has 3 heterocycles. The predicted molar refractivity (Wildman–Crippen MR) is 274 cm³/mol. The largest absolute Gasteiger partial charge is 0.494 e. The van der Waals surface area contributed by atoms with Gasteiger partial charge in [-0.2, -0.15) is 18.4 Å². The number of β-amino-alcohol motifs (C(OH)–C–C–N with tert-alkyl or cyclic N) is 1. The molecule has 1 aromatic heterocycles. The molecule has 2 fully saturated rings. The van der Waals surface area contributed by atoms with E-state index in [0.717, 1.165) is 45.8 Å². The van der Waals surface area contributed by atoms with Gasteiger partial charge in [-0.1, -0.05) is 57.2 Å². The summed E-state index contributed by atoms with van der Waals surface area (Å²) >= 11 is 1.60. The lowest BCUT2D eigenvalue weighted by Gasteiger charge is -2.35. The van der Waals surface area contributed by atoms with E-state index in [9.17, 15) is 42.7 Å². The molecule has 73 heavy (non-hydrogen) atoms. The monoisotopic (exact) mass is 1030 g/mol. The molecule has 2 aliphatic rings. The molecule has 392 valence electrons. The normalized spacial score (nSPS) is 18.2. The molecule has 1 unspecified atom stereocenters. The number of amides is 3. The lowest BCUT2D eigenvalue weighted by atomic mass is 9.85. The van der Waals surface area contributed by atoms with Gasteiger partial charge in [0, 0.05) is 50.6 Å². The number of carbonyl (C=O) groups is 4. The smallest absolute Gasteiger partial charge is 0.417 e. The van der Waals surface area contributed by atoms with E-state index in [0.29, 0.717) is 56.9 Å². The van der Waals surface area contributed by atoms with Crippen molar-refractivity contribution >= 4 is 46.2 Å². The van der Waals surface area contributed by atoms with Gasteiger partial charge in [-0.25, -0.2) is 4.98 Å². The molecule has 0 aliphatic carbocycles. The van der Waals surface area contributed by atoms with Crippen molar-refractivity contribution in [3.8, 4) is 22.3 Å². The van der Waals surface area contributed by atoms with E-state index < -0.39 is 64.4 Å². The second-order valence-corrected chi connectivity index (χ2v) is 21.1. The fourth-order valence-corrected chi connectivity index (χ4v) is 10.2. The van der Waals surface area contributed by atoms with Gasteiger partial charge in [0.25, 0.3) is 5.91 Å². The Kier molecular flexibility index (Phi) is 18.7. The number of aryl methyl sites for hydroxylation is 1. The summed E-state index contributed by atoms with van der Waals surface area (Å²) in [4.78, 5) is 64.3. The summed E-state index contributed by atoms with van der Waals surface area (Å²) in [6.45, 7) is 18.2. The number of Topliss-reactive ketones (excluding diaryl/α,β-unsaturated/α-hetero) is 1. The number of ether oxygens (including phenoxy) is 3. The van der Waals surface area contributed by atoms with Crippen LogP contribution >= 0.6 is 11.3 Å². The van der Waals surface area contributed by atoms with Crippen molar-refractivity contribution in [1.29, 1.82) is 5.26 Å². The number of halogens is 3. The Labute approximate surface area is 430 Å². The molecular weight excluding hydrogens is 962 g/mol. The summed E-state index contributed by atoms with van der Waals surface area (Å²) in [5, 5.41) is 22.7. The molecule has 0 spiro atoms. The van der Waals surface area contributed by atoms with Crippen molar-refractivity contribution in [3.63, 3.8) is 0 Å². The number of hydrogen-bond acceptors (Lipinski definition) is 12. The van der Waals surface area contributed by atoms with Crippen molar-refractivity contribution in [2.24, 2.45) is 5.41 Å². The third-order valence-electron chi connectivity index (χ3n) is 13.2. The molecule has 3 aromatic carbocycles. The second kappa shape index (κ2) is 24.3. The van der Waals surface area contributed by atoms with E-state index in [1.54, 1.807) is 62.4 Å². The van der Waals surface area contributed by atoms with Gasteiger partial charge in [0.1, 0.15) is 30.1 Å². The fourth-order valence-electron chi connectivity index (χ4n) is 9.34. The molecule has 0 radical (unpaired) electrons. The number of carbonyl (C=O) groups excluding carboxylic acids is 4. The maximum absolute atomic E-state index is 14.0. The van der Waals surface area contributed by atoms with Gasteiger partial charge in [0.15, 0.2) is 5.78 Å². The van der Waals surface area contributed by atoms with Crippen LogP contribution in [0, 0.1) is 23.7 Å². The zero-order chi connectivity index (χ0) is 53.3. The summed E-state index contributed by atoms with van der Waals surface area (Å²) in [5.74, 6) is -0.825. The van der Waals surface area contributed by atoms with Gasteiger partial charge in [-0.15, -0.1) is 11.3 Å². The van der Waals surface area contributed by atoms with E-state index in [1.165, 1.54) is 15.9 Å². The highest BCUT2D eigenvalue weighted by Crippen LogP contribution is 2.42. The number of anilines is 2. The Morgan fingerprint density at radius 3 is 2.26 bits per heavy atom. The number of nitrogens with zero attached hydrogens (tertiary/aromatic N) is 5. The summed E-state index contributed by atoms with van der Waals surface area (Å²) in [6.07, 6.45) is -2.91. The van der Waals surface area contributed by atoms with Crippen molar-refractivity contribution in [3.05, 3.63) is 107 Å². The number of rotatable bonds is 23. The molecule has 0 bridgehead atoms. The van der Waals surface area contributed by atoms with Crippen LogP contribution in [-0.4, -0.2) is 108 Å². The Bertz CT molecular complexity index is 2620. The summed E-state index contributed by atoms with van der Waals surface area (Å²) in [6, 6.07) is 18.5. The summed E-state index contributed by atoms with van der Waals surface area (Å²) in [7, 11) is 0. The van der Waals surface area contributed by atoms with Crippen LogP contribution in [0.15, 0.2) is 84.4 Å². The molecule has 3 amide bonds. The number of alkyl halides is 3. The zero-order valence-electron chi connectivity index (χ0n) is 42.7. The molecule has 2 saturated heterocycles. The number of aromatic nitrogens is 1. The highest BCUT2D eigenvalue weighted by molar-refractivity contribution is 7.13. The van der Waals surface area contributed by atoms with Crippen LogP contribution in [0.2, 0.25) is 0 Å². The maximum Gasteiger partial charge on any atom is 0.417 e. The Hall–Kier alpha value is -6.13. The molecule has 4 aromatic rings. The first-order valence-electron chi connectivity index (χ1n) is 24.6. The quantitative estimate of drug-likeness (QED) is 0.0536. The molecular formula is C55H67F3N6O8S. The highest BCUT2D eigenvalue weighted by Gasteiger charge is 2.51. The minimum absolute atomic E-state index is 0.00155. The van der Waals surface area contributed by atoms with Gasteiger partial charge in [-0.05, 0) is 119 Å². The molecule has 4 atom stereocenters. The van der Waals surface area contributed by atoms with E-state index >= 15 is 0 Å². The molecule has 2 aliphatic heterocycles. The van der Waals surface area contributed by atoms with Crippen molar-refractivity contribution in [2.75, 3.05) is 49.4 Å². The van der Waals surface area contributed by atoms with Crippen molar-refractivity contribution < 1.29 is 51.7 Å². The number of allylic oxidation sites excluding steroid dienone is 1. The standard InChI is InChI=1S/C55H67F3N6O8S/c1-35(28-38-13-15-39(16-14-38)49-36(2)60-34-73-49)12-23-47(66)46-30-43(65)32-62(46)51(68)50(53(4,5)6)61-48(67)33-71-26-11-25-70-24-9-10-27-72-44-21-19-41(20-22-44)64-37(3)63(52(69)54(64,7)8)42-18-17-40(31-59)45(29-42)55(56,57)58/h13-22,29,34,37,43,46,50,65H,1,9-12,23-28,30,32-33H2,2-8H3,(H,61,67)/t37?,43-,46+,50-/m1/s1. The van der Waals surface area contributed by atoms with Gasteiger partial charge in [-0.3, -0.25) is 24.1 Å². The lowest BCUT2D eigenvalue weighted by molar-refractivity contribution is -0.144. The third-order valence-corrected chi connectivity index (χ3v) is 14.1. The molecule has 2 N–H and O–H groups in total. The number of nitrogens with one attached hydrogen (secondary N) is 1. The van der Waals surface area contributed by atoms with Crippen LogP contribution in [0.5, 0.6) is 5.75 Å². The van der Waals surface area contributed by atoms with Gasteiger partial charge >= 0.3 is 6.18 Å². The number of thiazole rings is 1. The van der Waals surface area contributed by atoms with E-state index in [-0.39, 0.29) is 50.0 Å². The second-order valence-electron chi connectivity index (χ2n) is 20.3. The fraction of sp³-hybridized carbons (Fsp3) is 0.491. The molecule has 18 heteroatoms. The van der Waals surface area contributed by atoms with E-state index in [1.807, 2.05) is 38.1 Å².